The normalized spacial score (nSPS) is 11.8. The first-order chi connectivity index (χ1) is 8.99. The number of carbonyl (C=O) groups excluding carboxylic acids is 2. The zero-order valence-corrected chi connectivity index (χ0v) is 12.3. The predicted octanol–water partition coefficient (Wildman–Crippen LogP) is 1.99. The predicted molar refractivity (Wildman–Crippen MR) is 72.5 cm³/mol. The summed E-state index contributed by atoms with van der Waals surface area (Å²) in [4.78, 5) is 28.0. The Morgan fingerprint density at radius 3 is 2.53 bits per heavy atom. The van der Waals surface area contributed by atoms with Gasteiger partial charge in [-0.25, -0.2) is 14.6 Å². The zero-order chi connectivity index (χ0) is 14.4. The molecule has 106 valence electrons. The van der Waals surface area contributed by atoms with Crippen molar-refractivity contribution in [1.29, 1.82) is 0 Å². The molecule has 0 aromatic carbocycles. The average molecular weight is 286 g/mol. The topological polar surface area (TPSA) is 77.5 Å². The maximum Gasteiger partial charge on any atom is 0.358 e. The van der Waals surface area contributed by atoms with Crippen LogP contribution in [0.25, 0.3) is 0 Å². The van der Waals surface area contributed by atoms with Gasteiger partial charge in [0.25, 0.3) is 0 Å². The monoisotopic (exact) mass is 286 g/mol. The van der Waals surface area contributed by atoms with Crippen LogP contribution >= 0.6 is 11.3 Å². The smallest absolute Gasteiger partial charge is 0.358 e. The van der Waals surface area contributed by atoms with Gasteiger partial charge in [0.1, 0.15) is 6.04 Å². The molecule has 0 saturated carbocycles. The van der Waals surface area contributed by atoms with Crippen LogP contribution in [0.15, 0.2) is 0 Å². The molecule has 1 N–H and O–H groups in total. The van der Waals surface area contributed by atoms with Crippen molar-refractivity contribution in [3.05, 3.63) is 10.6 Å². The molecule has 1 rings (SSSR count). The average Bonchev–Trinajstić information content (AvgIpc) is 2.70. The number of nitrogens with one attached hydrogen (secondary N) is 1. The summed E-state index contributed by atoms with van der Waals surface area (Å²) in [5, 5.41) is 3.41. The van der Waals surface area contributed by atoms with E-state index in [1.807, 2.05) is 0 Å². The lowest BCUT2D eigenvalue weighted by Gasteiger charge is -2.10. The summed E-state index contributed by atoms with van der Waals surface area (Å²) in [6, 6.07) is -0.513. The molecular formula is C12H18N2O4S. The summed E-state index contributed by atoms with van der Waals surface area (Å²) >= 11 is 1.30. The van der Waals surface area contributed by atoms with E-state index in [1.165, 1.54) is 11.3 Å². The quantitative estimate of drug-likeness (QED) is 0.806. The van der Waals surface area contributed by atoms with Gasteiger partial charge in [0, 0.05) is 4.88 Å². The summed E-state index contributed by atoms with van der Waals surface area (Å²) in [7, 11) is 0. The molecule has 0 radical (unpaired) electrons. The molecule has 0 bridgehead atoms. The molecule has 0 saturated heterocycles. The second kappa shape index (κ2) is 7.08. The summed E-state index contributed by atoms with van der Waals surface area (Å²) in [6.07, 6.45) is 0. The van der Waals surface area contributed by atoms with Gasteiger partial charge in [-0.2, -0.15) is 0 Å². The number of rotatable bonds is 6. The molecule has 1 heterocycles. The van der Waals surface area contributed by atoms with Crippen LogP contribution in [0.2, 0.25) is 0 Å². The van der Waals surface area contributed by atoms with Gasteiger partial charge in [0.2, 0.25) is 0 Å². The van der Waals surface area contributed by atoms with Crippen molar-refractivity contribution in [2.75, 3.05) is 18.5 Å². The lowest BCUT2D eigenvalue weighted by Crippen LogP contribution is -2.28. The minimum Gasteiger partial charge on any atom is -0.464 e. The number of nitrogens with zero attached hydrogens (tertiary/aromatic N) is 1. The Bertz CT molecular complexity index is 459. The van der Waals surface area contributed by atoms with E-state index in [4.69, 9.17) is 9.47 Å². The van der Waals surface area contributed by atoms with Crippen LogP contribution in [0.4, 0.5) is 5.13 Å². The van der Waals surface area contributed by atoms with E-state index in [0.29, 0.717) is 18.3 Å². The van der Waals surface area contributed by atoms with Crippen molar-refractivity contribution in [3.8, 4) is 0 Å². The first kappa shape index (κ1) is 15.4. The Morgan fingerprint density at radius 1 is 1.32 bits per heavy atom. The van der Waals surface area contributed by atoms with Gasteiger partial charge in [0.05, 0.1) is 13.2 Å². The van der Waals surface area contributed by atoms with E-state index >= 15 is 0 Å². The molecule has 6 nitrogen and oxygen atoms in total. The molecule has 1 atom stereocenters. The van der Waals surface area contributed by atoms with Crippen LogP contribution in [0.1, 0.15) is 36.1 Å². The Morgan fingerprint density at radius 2 is 1.95 bits per heavy atom. The molecule has 7 heteroatoms. The van der Waals surface area contributed by atoms with Gasteiger partial charge in [-0.1, -0.05) is 0 Å². The Kier molecular flexibility index (Phi) is 5.75. The number of aryl methyl sites for hydroxylation is 1. The SMILES string of the molecule is CCOC(=O)c1nc(NC(C)C(=O)OCC)sc1C. The second-order valence-electron chi connectivity index (χ2n) is 3.76. The highest BCUT2D eigenvalue weighted by Gasteiger charge is 2.19. The van der Waals surface area contributed by atoms with Gasteiger partial charge < -0.3 is 14.8 Å². The maximum atomic E-state index is 11.6. The Balaban J connectivity index is 2.73. The van der Waals surface area contributed by atoms with E-state index in [2.05, 4.69) is 10.3 Å². The van der Waals surface area contributed by atoms with E-state index in [0.717, 1.165) is 4.88 Å². The van der Waals surface area contributed by atoms with Gasteiger partial charge in [-0.15, -0.1) is 11.3 Å². The van der Waals surface area contributed by atoms with Gasteiger partial charge in [-0.05, 0) is 27.7 Å². The second-order valence-corrected chi connectivity index (χ2v) is 4.97. The lowest BCUT2D eigenvalue weighted by atomic mass is 10.3. The highest BCUT2D eigenvalue weighted by atomic mass is 32.1. The zero-order valence-electron chi connectivity index (χ0n) is 11.5. The third kappa shape index (κ3) is 4.20. The standard InChI is InChI=1S/C12H18N2O4S/c1-5-17-10(15)7(3)13-12-14-9(8(4)19-12)11(16)18-6-2/h7H,5-6H2,1-4H3,(H,13,14). The largest absolute Gasteiger partial charge is 0.464 e. The molecule has 1 aromatic rings. The number of hydrogen-bond donors (Lipinski definition) is 1. The van der Waals surface area contributed by atoms with Crippen LogP contribution in [0.5, 0.6) is 0 Å². The van der Waals surface area contributed by atoms with E-state index < -0.39 is 12.0 Å². The maximum absolute atomic E-state index is 11.6. The fourth-order valence-corrected chi connectivity index (χ4v) is 2.25. The lowest BCUT2D eigenvalue weighted by molar-refractivity contribution is -0.143. The minimum atomic E-state index is -0.513. The summed E-state index contributed by atoms with van der Waals surface area (Å²) in [6.45, 7) is 7.58. The van der Waals surface area contributed by atoms with Gasteiger partial charge in [-0.3, -0.25) is 0 Å². The van der Waals surface area contributed by atoms with Gasteiger partial charge in [0.15, 0.2) is 10.8 Å². The molecule has 1 unspecified atom stereocenters. The molecule has 19 heavy (non-hydrogen) atoms. The van der Waals surface area contributed by atoms with E-state index in [9.17, 15) is 9.59 Å². The molecule has 0 aliphatic rings. The van der Waals surface area contributed by atoms with Crippen LogP contribution in [0, 0.1) is 6.92 Å². The number of aromatic nitrogens is 1. The van der Waals surface area contributed by atoms with Crippen LogP contribution < -0.4 is 5.32 Å². The van der Waals surface area contributed by atoms with Crippen LogP contribution in [0.3, 0.4) is 0 Å². The van der Waals surface area contributed by atoms with Gasteiger partial charge >= 0.3 is 11.9 Å². The van der Waals surface area contributed by atoms with Crippen molar-refractivity contribution >= 4 is 28.4 Å². The summed E-state index contributed by atoms with van der Waals surface area (Å²) in [5.41, 5.74) is 0.283. The van der Waals surface area contributed by atoms with Crippen LogP contribution in [-0.2, 0) is 14.3 Å². The first-order valence-electron chi connectivity index (χ1n) is 6.07. The summed E-state index contributed by atoms with van der Waals surface area (Å²) in [5.74, 6) is -0.805. The van der Waals surface area contributed by atoms with E-state index in [-0.39, 0.29) is 11.7 Å². The minimum absolute atomic E-state index is 0.283. The van der Waals surface area contributed by atoms with Crippen LogP contribution in [-0.4, -0.2) is 36.2 Å². The number of anilines is 1. The number of ether oxygens (including phenoxy) is 2. The number of thiazole rings is 1. The summed E-state index contributed by atoms with van der Waals surface area (Å²) < 4.78 is 9.78. The number of esters is 2. The Labute approximate surface area is 116 Å². The number of hydrogen-bond acceptors (Lipinski definition) is 7. The number of carbonyl (C=O) groups is 2. The molecule has 0 aliphatic carbocycles. The fraction of sp³-hybridized carbons (Fsp3) is 0.583. The van der Waals surface area contributed by atoms with Crippen molar-refractivity contribution in [2.45, 2.75) is 33.7 Å². The first-order valence-corrected chi connectivity index (χ1v) is 6.88. The highest BCUT2D eigenvalue weighted by Crippen LogP contribution is 2.23. The molecule has 0 amide bonds. The van der Waals surface area contributed by atoms with Crippen molar-refractivity contribution in [2.24, 2.45) is 0 Å². The van der Waals surface area contributed by atoms with Crippen molar-refractivity contribution < 1.29 is 19.1 Å². The third-order valence-electron chi connectivity index (χ3n) is 2.25. The molecule has 1 aromatic heterocycles. The molecular weight excluding hydrogens is 268 g/mol. The third-order valence-corrected chi connectivity index (χ3v) is 3.15. The molecule has 0 spiro atoms. The highest BCUT2D eigenvalue weighted by molar-refractivity contribution is 7.15. The van der Waals surface area contributed by atoms with Crippen molar-refractivity contribution in [1.82, 2.24) is 4.98 Å². The molecule has 0 fully saturated rings. The fourth-order valence-electron chi connectivity index (χ4n) is 1.36. The Hall–Kier alpha value is -1.63. The molecule has 0 aliphatic heterocycles. The van der Waals surface area contributed by atoms with E-state index in [1.54, 1.807) is 27.7 Å². The van der Waals surface area contributed by atoms with Crippen molar-refractivity contribution in [3.63, 3.8) is 0 Å².